The number of nitrogens with one attached hydrogen (secondary N) is 1. The Morgan fingerprint density at radius 3 is 2.90 bits per heavy atom. The molecule has 3 fully saturated rings. The molecule has 5 heteroatoms. The SMILES string of the molecule is CCC1(N)CCN(C(=O)[C@]23CNC[C@H]2CCOC3)CC1. The van der Waals surface area contributed by atoms with Crippen LogP contribution in [0.3, 0.4) is 0 Å². The smallest absolute Gasteiger partial charge is 0.232 e. The molecule has 0 radical (unpaired) electrons. The number of piperidine rings is 1. The Bertz CT molecular complexity index is 379. The van der Waals surface area contributed by atoms with E-state index in [0.717, 1.165) is 58.5 Å². The molecule has 5 nitrogen and oxygen atoms in total. The summed E-state index contributed by atoms with van der Waals surface area (Å²) in [6.45, 7) is 6.86. The Morgan fingerprint density at radius 2 is 2.20 bits per heavy atom. The number of nitrogens with zero attached hydrogens (tertiary/aromatic N) is 1. The Balaban J connectivity index is 1.70. The van der Waals surface area contributed by atoms with Crippen LogP contribution >= 0.6 is 0 Å². The highest BCUT2D eigenvalue weighted by molar-refractivity contribution is 5.84. The lowest BCUT2D eigenvalue weighted by Gasteiger charge is -2.44. The molecule has 0 aromatic heterocycles. The first-order valence-electron chi connectivity index (χ1n) is 7.96. The molecule has 114 valence electrons. The van der Waals surface area contributed by atoms with E-state index in [1.807, 2.05) is 4.90 Å². The van der Waals surface area contributed by atoms with Crippen LogP contribution in [0.1, 0.15) is 32.6 Å². The quantitative estimate of drug-likeness (QED) is 0.766. The number of nitrogens with two attached hydrogens (primary N) is 1. The topological polar surface area (TPSA) is 67.6 Å². The van der Waals surface area contributed by atoms with Gasteiger partial charge >= 0.3 is 0 Å². The van der Waals surface area contributed by atoms with Gasteiger partial charge < -0.3 is 20.7 Å². The van der Waals surface area contributed by atoms with Gasteiger partial charge in [-0.1, -0.05) is 6.92 Å². The van der Waals surface area contributed by atoms with E-state index in [1.54, 1.807) is 0 Å². The van der Waals surface area contributed by atoms with Gasteiger partial charge in [0.2, 0.25) is 5.91 Å². The van der Waals surface area contributed by atoms with Crippen LogP contribution in [-0.4, -0.2) is 55.7 Å². The third-order valence-corrected chi connectivity index (χ3v) is 5.76. The number of amides is 1. The molecule has 3 aliphatic rings. The van der Waals surface area contributed by atoms with Crippen LogP contribution in [0.5, 0.6) is 0 Å². The molecule has 2 atom stereocenters. The molecule has 0 aromatic carbocycles. The maximum Gasteiger partial charge on any atom is 0.232 e. The number of carbonyl (C=O) groups excluding carboxylic acids is 1. The van der Waals surface area contributed by atoms with E-state index in [4.69, 9.17) is 10.5 Å². The highest BCUT2D eigenvalue weighted by atomic mass is 16.5. The number of fused-ring (bicyclic) bond motifs is 1. The maximum atomic E-state index is 13.0. The number of ether oxygens (including phenoxy) is 1. The monoisotopic (exact) mass is 281 g/mol. The normalized spacial score (nSPS) is 36.7. The van der Waals surface area contributed by atoms with E-state index in [9.17, 15) is 4.79 Å². The zero-order valence-corrected chi connectivity index (χ0v) is 12.5. The molecule has 20 heavy (non-hydrogen) atoms. The molecule has 0 unspecified atom stereocenters. The van der Waals surface area contributed by atoms with Crippen LogP contribution in [0.25, 0.3) is 0 Å². The van der Waals surface area contributed by atoms with Gasteiger partial charge in [-0.25, -0.2) is 0 Å². The molecule has 0 spiro atoms. The number of hydrogen-bond acceptors (Lipinski definition) is 4. The number of carbonyl (C=O) groups is 1. The number of hydrogen-bond donors (Lipinski definition) is 2. The van der Waals surface area contributed by atoms with E-state index in [0.29, 0.717) is 18.4 Å². The van der Waals surface area contributed by atoms with Crippen LogP contribution < -0.4 is 11.1 Å². The fraction of sp³-hybridized carbons (Fsp3) is 0.933. The second-order valence-electron chi connectivity index (χ2n) is 6.83. The molecule has 0 aliphatic carbocycles. The van der Waals surface area contributed by atoms with Crippen LogP contribution in [0.4, 0.5) is 0 Å². The van der Waals surface area contributed by atoms with E-state index in [-0.39, 0.29) is 11.0 Å². The molecule has 0 bridgehead atoms. The van der Waals surface area contributed by atoms with E-state index in [1.165, 1.54) is 0 Å². The summed E-state index contributed by atoms with van der Waals surface area (Å²) in [4.78, 5) is 15.1. The second kappa shape index (κ2) is 5.28. The fourth-order valence-electron chi connectivity index (χ4n) is 3.97. The first-order valence-corrected chi connectivity index (χ1v) is 7.96. The average molecular weight is 281 g/mol. The van der Waals surface area contributed by atoms with Crippen molar-refractivity contribution in [2.75, 3.05) is 39.4 Å². The van der Waals surface area contributed by atoms with Crippen molar-refractivity contribution in [2.24, 2.45) is 17.1 Å². The standard InChI is InChI=1S/C15H27N3O2/c1-2-14(16)4-6-18(7-5-14)13(19)15-10-17-9-12(15)3-8-20-11-15/h12,17H,2-11,16H2,1H3/t12-,15+/m1/s1. The lowest BCUT2D eigenvalue weighted by atomic mass is 9.73. The molecular weight excluding hydrogens is 254 g/mol. The second-order valence-corrected chi connectivity index (χ2v) is 6.83. The van der Waals surface area contributed by atoms with Gasteiger partial charge in [0.1, 0.15) is 0 Å². The van der Waals surface area contributed by atoms with Crippen LogP contribution in [0, 0.1) is 11.3 Å². The molecule has 3 rings (SSSR count). The largest absolute Gasteiger partial charge is 0.380 e. The maximum absolute atomic E-state index is 13.0. The predicted octanol–water partition coefficient (Wildman–Crippen LogP) is 0.342. The van der Waals surface area contributed by atoms with Crippen molar-refractivity contribution in [1.82, 2.24) is 10.2 Å². The third kappa shape index (κ3) is 2.26. The number of rotatable bonds is 2. The van der Waals surface area contributed by atoms with Crippen molar-refractivity contribution in [1.29, 1.82) is 0 Å². The Morgan fingerprint density at radius 1 is 1.45 bits per heavy atom. The van der Waals surface area contributed by atoms with E-state index in [2.05, 4.69) is 12.2 Å². The summed E-state index contributed by atoms with van der Waals surface area (Å²) < 4.78 is 5.65. The summed E-state index contributed by atoms with van der Waals surface area (Å²) in [7, 11) is 0. The molecule has 3 saturated heterocycles. The fourth-order valence-corrected chi connectivity index (χ4v) is 3.97. The van der Waals surface area contributed by atoms with Crippen LogP contribution in [-0.2, 0) is 9.53 Å². The van der Waals surface area contributed by atoms with Crippen molar-refractivity contribution < 1.29 is 9.53 Å². The molecule has 0 saturated carbocycles. The van der Waals surface area contributed by atoms with Gasteiger partial charge in [-0.05, 0) is 38.1 Å². The van der Waals surface area contributed by atoms with Gasteiger partial charge in [0.05, 0.1) is 12.0 Å². The van der Waals surface area contributed by atoms with Crippen LogP contribution in [0.15, 0.2) is 0 Å². The molecule has 0 aromatic rings. The first kappa shape index (κ1) is 14.3. The summed E-state index contributed by atoms with van der Waals surface area (Å²) in [6.07, 6.45) is 3.84. The van der Waals surface area contributed by atoms with Crippen molar-refractivity contribution in [2.45, 2.75) is 38.1 Å². The van der Waals surface area contributed by atoms with Gasteiger partial charge in [-0.2, -0.15) is 0 Å². The lowest BCUT2D eigenvalue weighted by molar-refractivity contribution is -0.154. The average Bonchev–Trinajstić information content (AvgIpc) is 2.92. The lowest BCUT2D eigenvalue weighted by Crippen LogP contribution is -2.58. The van der Waals surface area contributed by atoms with Gasteiger partial charge in [-0.15, -0.1) is 0 Å². The predicted molar refractivity (Wildman–Crippen MR) is 77.3 cm³/mol. The summed E-state index contributed by atoms with van der Waals surface area (Å²) in [5, 5.41) is 3.40. The van der Waals surface area contributed by atoms with Crippen molar-refractivity contribution in [3.63, 3.8) is 0 Å². The molecule has 3 N–H and O–H groups in total. The molecule has 3 aliphatic heterocycles. The zero-order valence-electron chi connectivity index (χ0n) is 12.5. The van der Waals surface area contributed by atoms with Crippen molar-refractivity contribution in [3.05, 3.63) is 0 Å². The van der Waals surface area contributed by atoms with E-state index < -0.39 is 0 Å². The Labute approximate surface area is 121 Å². The summed E-state index contributed by atoms with van der Waals surface area (Å²) >= 11 is 0. The van der Waals surface area contributed by atoms with Gasteiger partial charge in [0.25, 0.3) is 0 Å². The number of likely N-dealkylation sites (tertiary alicyclic amines) is 1. The third-order valence-electron chi connectivity index (χ3n) is 5.76. The Kier molecular flexibility index (Phi) is 3.77. The van der Waals surface area contributed by atoms with Gasteiger partial charge in [0, 0.05) is 31.8 Å². The van der Waals surface area contributed by atoms with E-state index >= 15 is 0 Å². The van der Waals surface area contributed by atoms with Crippen molar-refractivity contribution in [3.8, 4) is 0 Å². The molecule has 3 heterocycles. The minimum atomic E-state index is -0.306. The molecule has 1 amide bonds. The summed E-state index contributed by atoms with van der Waals surface area (Å²) in [5.41, 5.74) is 5.96. The minimum Gasteiger partial charge on any atom is -0.380 e. The van der Waals surface area contributed by atoms with Crippen LogP contribution in [0.2, 0.25) is 0 Å². The summed E-state index contributed by atoms with van der Waals surface area (Å²) in [5.74, 6) is 0.741. The highest BCUT2D eigenvalue weighted by Gasteiger charge is 2.52. The zero-order chi connectivity index (χ0) is 14.2. The molecular formula is C15H27N3O2. The summed E-state index contributed by atoms with van der Waals surface area (Å²) in [6, 6.07) is 0. The highest BCUT2D eigenvalue weighted by Crippen LogP contribution is 2.40. The van der Waals surface area contributed by atoms with Crippen molar-refractivity contribution >= 4 is 5.91 Å². The minimum absolute atomic E-state index is 0.0646. The van der Waals surface area contributed by atoms with Gasteiger partial charge in [0.15, 0.2) is 0 Å². The van der Waals surface area contributed by atoms with Gasteiger partial charge in [-0.3, -0.25) is 4.79 Å². The first-order chi connectivity index (χ1) is 9.60. The Hall–Kier alpha value is -0.650.